The highest BCUT2D eigenvalue weighted by Gasteiger charge is 2.05. The first kappa shape index (κ1) is 7.28. The largest absolute Gasteiger partial charge is 0.264 e. The van der Waals surface area contributed by atoms with E-state index >= 15 is 0 Å². The van der Waals surface area contributed by atoms with Crippen molar-refractivity contribution in [3.05, 3.63) is 24.7 Å². The van der Waals surface area contributed by atoms with Gasteiger partial charge in [0, 0.05) is 24.3 Å². The predicted octanol–water partition coefficient (Wildman–Crippen LogP) is 1.94. The van der Waals surface area contributed by atoms with Crippen molar-refractivity contribution in [2.45, 2.75) is 19.8 Å². The molecule has 0 bridgehead atoms. The van der Waals surface area contributed by atoms with Crippen LogP contribution in [0.4, 0.5) is 0 Å². The molecule has 0 saturated carbocycles. The lowest BCUT2D eigenvalue weighted by atomic mass is 10.1. The highest BCUT2D eigenvalue weighted by molar-refractivity contribution is 5.85. The predicted molar refractivity (Wildman–Crippen MR) is 48.8 cm³/mol. The molecule has 0 aliphatic carbocycles. The molecule has 62 valence electrons. The van der Waals surface area contributed by atoms with Crippen LogP contribution in [0.2, 0.25) is 0 Å². The number of nitrogens with zero attached hydrogens (tertiary/aromatic N) is 3. The second-order valence-corrected chi connectivity index (χ2v) is 2.94. The normalized spacial score (nSPS) is 17.1. The van der Waals surface area contributed by atoms with Crippen LogP contribution in [0.1, 0.15) is 19.8 Å². The maximum atomic E-state index is 4.26. The van der Waals surface area contributed by atoms with Crippen molar-refractivity contribution < 1.29 is 0 Å². The van der Waals surface area contributed by atoms with E-state index < -0.39 is 0 Å². The van der Waals surface area contributed by atoms with Crippen molar-refractivity contribution in [1.29, 1.82) is 0 Å². The van der Waals surface area contributed by atoms with E-state index in [1.807, 2.05) is 23.1 Å². The summed E-state index contributed by atoms with van der Waals surface area (Å²) in [7, 11) is 0. The van der Waals surface area contributed by atoms with Crippen molar-refractivity contribution in [1.82, 2.24) is 9.78 Å². The van der Waals surface area contributed by atoms with Crippen LogP contribution < -0.4 is 0 Å². The molecule has 0 spiro atoms. The third-order valence-corrected chi connectivity index (χ3v) is 1.98. The van der Waals surface area contributed by atoms with E-state index in [-0.39, 0.29) is 0 Å². The minimum absolute atomic E-state index is 1.04. The molecule has 0 atom stereocenters. The molecule has 0 N–H and O–H groups in total. The molecule has 12 heavy (non-hydrogen) atoms. The summed E-state index contributed by atoms with van der Waals surface area (Å²) in [6.45, 7) is 2.05. The van der Waals surface area contributed by atoms with Gasteiger partial charge in [0.25, 0.3) is 0 Å². The van der Waals surface area contributed by atoms with Crippen LogP contribution >= 0.6 is 0 Å². The van der Waals surface area contributed by atoms with Gasteiger partial charge < -0.3 is 0 Å². The Kier molecular flexibility index (Phi) is 1.78. The van der Waals surface area contributed by atoms with Crippen LogP contribution in [0.15, 0.2) is 29.7 Å². The third-order valence-electron chi connectivity index (χ3n) is 1.98. The Hall–Kier alpha value is -1.38. The van der Waals surface area contributed by atoms with Gasteiger partial charge >= 0.3 is 0 Å². The fraction of sp³-hybridized carbons (Fsp3) is 0.333. The molecule has 3 heteroatoms. The molecule has 0 saturated heterocycles. The van der Waals surface area contributed by atoms with Crippen LogP contribution in [0.25, 0.3) is 5.70 Å². The summed E-state index contributed by atoms with van der Waals surface area (Å²) >= 11 is 0. The molecule has 2 heterocycles. The van der Waals surface area contributed by atoms with E-state index in [1.54, 1.807) is 6.20 Å². The Bertz CT molecular complexity index is 320. The summed E-state index contributed by atoms with van der Waals surface area (Å²) in [5, 5.41) is 4.14. The minimum Gasteiger partial charge on any atom is -0.264 e. The van der Waals surface area contributed by atoms with E-state index in [0.29, 0.717) is 0 Å². The molecule has 0 radical (unpaired) electrons. The van der Waals surface area contributed by atoms with Gasteiger partial charge in [0.05, 0.1) is 5.70 Å². The molecule has 0 amide bonds. The number of allylic oxidation sites excluding steroid dienone is 1. The first-order valence-electron chi connectivity index (χ1n) is 4.08. The lowest BCUT2D eigenvalue weighted by Crippen LogP contribution is -2.04. The second kappa shape index (κ2) is 2.93. The lowest BCUT2D eigenvalue weighted by Gasteiger charge is -2.10. The zero-order valence-electron chi connectivity index (χ0n) is 7.07. The van der Waals surface area contributed by atoms with Gasteiger partial charge in [-0.2, -0.15) is 5.10 Å². The van der Waals surface area contributed by atoms with Crippen LogP contribution in [-0.2, 0) is 0 Å². The maximum absolute atomic E-state index is 4.26. The summed E-state index contributed by atoms with van der Waals surface area (Å²) < 4.78 is 1.87. The molecular weight excluding hydrogens is 150 g/mol. The molecule has 2 rings (SSSR count). The van der Waals surface area contributed by atoms with Gasteiger partial charge in [-0.3, -0.25) is 4.99 Å². The average Bonchev–Trinajstić information content (AvgIpc) is 2.58. The molecule has 1 aliphatic heterocycles. The quantitative estimate of drug-likeness (QED) is 0.619. The van der Waals surface area contributed by atoms with Crippen molar-refractivity contribution in [2.24, 2.45) is 4.99 Å². The number of rotatable bonds is 1. The van der Waals surface area contributed by atoms with Gasteiger partial charge in [-0.25, -0.2) is 4.68 Å². The number of aliphatic imine (C=N–C) groups is 1. The lowest BCUT2D eigenvalue weighted by molar-refractivity contribution is 0.840. The summed E-state index contributed by atoms with van der Waals surface area (Å²) in [5.74, 6) is 0. The smallest absolute Gasteiger partial charge is 0.0605 e. The molecule has 0 aromatic carbocycles. The Morgan fingerprint density at radius 3 is 2.92 bits per heavy atom. The van der Waals surface area contributed by atoms with Crippen LogP contribution in [-0.4, -0.2) is 15.5 Å². The van der Waals surface area contributed by atoms with Crippen molar-refractivity contribution in [3.63, 3.8) is 0 Å². The topological polar surface area (TPSA) is 30.2 Å². The molecule has 1 aliphatic rings. The fourth-order valence-corrected chi connectivity index (χ4v) is 1.24. The van der Waals surface area contributed by atoms with Gasteiger partial charge in [0.15, 0.2) is 0 Å². The molecule has 1 aromatic rings. The van der Waals surface area contributed by atoms with Crippen molar-refractivity contribution >= 4 is 11.4 Å². The highest BCUT2D eigenvalue weighted by atomic mass is 15.3. The first-order valence-corrected chi connectivity index (χ1v) is 4.08. The van der Waals surface area contributed by atoms with Gasteiger partial charge in [0.2, 0.25) is 0 Å². The molecule has 3 nitrogen and oxygen atoms in total. The summed E-state index contributed by atoms with van der Waals surface area (Å²) in [6, 6.07) is 1.92. The average molecular weight is 161 g/mol. The van der Waals surface area contributed by atoms with Crippen molar-refractivity contribution in [3.8, 4) is 0 Å². The standard InChI is InChI=1S/C9H11N3/c1-8-3-4-9(7-10-8)12-6-2-5-11-12/h2,5-7H,3-4H2,1H3. The van der Waals surface area contributed by atoms with E-state index in [4.69, 9.17) is 0 Å². The molecular formula is C9H11N3. The maximum Gasteiger partial charge on any atom is 0.0605 e. The Morgan fingerprint density at radius 1 is 1.42 bits per heavy atom. The van der Waals surface area contributed by atoms with Gasteiger partial charge in [-0.1, -0.05) is 0 Å². The number of hydrogen-bond acceptors (Lipinski definition) is 2. The van der Waals surface area contributed by atoms with E-state index in [1.165, 1.54) is 11.4 Å². The van der Waals surface area contributed by atoms with Crippen LogP contribution in [0.5, 0.6) is 0 Å². The summed E-state index contributed by atoms with van der Waals surface area (Å²) in [5.41, 5.74) is 2.37. The van der Waals surface area contributed by atoms with Gasteiger partial charge in [0.1, 0.15) is 0 Å². The SMILES string of the molecule is CC1=NC=C(n2cccn2)CC1. The van der Waals surface area contributed by atoms with Crippen molar-refractivity contribution in [2.75, 3.05) is 0 Å². The highest BCUT2D eigenvalue weighted by Crippen LogP contribution is 2.15. The first-order chi connectivity index (χ1) is 5.86. The number of aromatic nitrogens is 2. The summed E-state index contributed by atoms with van der Waals surface area (Å²) in [4.78, 5) is 4.26. The monoisotopic (exact) mass is 161 g/mol. The summed E-state index contributed by atoms with van der Waals surface area (Å²) in [6.07, 6.45) is 7.71. The molecule has 1 aromatic heterocycles. The Balaban J connectivity index is 2.27. The van der Waals surface area contributed by atoms with E-state index in [2.05, 4.69) is 17.0 Å². The van der Waals surface area contributed by atoms with E-state index in [9.17, 15) is 0 Å². The van der Waals surface area contributed by atoms with Gasteiger partial charge in [-0.05, 0) is 25.8 Å². The second-order valence-electron chi connectivity index (χ2n) is 2.94. The minimum atomic E-state index is 1.04. The van der Waals surface area contributed by atoms with Gasteiger partial charge in [-0.15, -0.1) is 0 Å². The fourth-order valence-electron chi connectivity index (χ4n) is 1.24. The zero-order valence-corrected chi connectivity index (χ0v) is 7.07. The number of hydrogen-bond donors (Lipinski definition) is 0. The van der Waals surface area contributed by atoms with E-state index in [0.717, 1.165) is 12.8 Å². The van der Waals surface area contributed by atoms with Crippen LogP contribution in [0.3, 0.4) is 0 Å². The molecule has 0 fully saturated rings. The molecule has 0 unspecified atom stereocenters. The Labute approximate surface area is 71.4 Å². The van der Waals surface area contributed by atoms with Crippen LogP contribution in [0, 0.1) is 0 Å². The Morgan fingerprint density at radius 2 is 2.33 bits per heavy atom. The third kappa shape index (κ3) is 1.30. The zero-order chi connectivity index (χ0) is 8.39.